The summed E-state index contributed by atoms with van der Waals surface area (Å²) in [6.07, 6.45) is 0. The molecule has 0 aliphatic rings. The van der Waals surface area contributed by atoms with Gasteiger partial charge in [0.1, 0.15) is 11.4 Å². The van der Waals surface area contributed by atoms with Crippen LogP contribution in [0.25, 0.3) is 5.69 Å². The van der Waals surface area contributed by atoms with E-state index in [9.17, 15) is 9.90 Å². The van der Waals surface area contributed by atoms with E-state index in [0.717, 1.165) is 16.3 Å². The zero-order valence-corrected chi connectivity index (χ0v) is 10.3. The molecule has 1 aromatic heterocycles. The Hall–Kier alpha value is -1.85. The molecule has 2 aromatic rings. The Morgan fingerprint density at radius 2 is 2.11 bits per heavy atom. The van der Waals surface area contributed by atoms with E-state index in [2.05, 4.69) is 5.10 Å². The second-order valence-electron chi connectivity index (χ2n) is 3.82. The first-order valence-corrected chi connectivity index (χ1v) is 5.60. The Bertz CT molecular complexity index is 652. The highest BCUT2D eigenvalue weighted by atomic mass is 35.5. The van der Waals surface area contributed by atoms with Crippen LogP contribution < -0.4 is 5.56 Å². The summed E-state index contributed by atoms with van der Waals surface area (Å²) >= 11 is 5.84. The van der Waals surface area contributed by atoms with Gasteiger partial charge < -0.3 is 10.2 Å². The van der Waals surface area contributed by atoms with E-state index in [1.807, 2.05) is 0 Å². The molecule has 6 heteroatoms. The average molecular weight is 267 g/mol. The maximum absolute atomic E-state index is 11.8. The van der Waals surface area contributed by atoms with E-state index in [1.54, 1.807) is 25.1 Å². The van der Waals surface area contributed by atoms with Crippen molar-refractivity contribution < 1.29 is 10.2 Å². The molecule has 0 amide bonds. The molecule has 0 aliphatic heterocycles. The smallest absolute Gasteiger partial charge is 0.275 e. The summed E-state index contributed by atoms with van der Waals surface area (Å²) < 4.78 is 1.12. The Labute approximate surface area is 108 Å². The Kier molecular flexibility index (Phi) is 3.36. The normalized spacial score (nSPS) is 10.6. The summed E-state index contributed by atoms with van der Waals surface area (Å²) in [6, 6.07) is 6.02. The van der Waals surface area contributed by atoms with Gasteiger partial charge >= 0.3 is 0 Å². The lowest BCUT2D eigenvalue weighted by atomic mass is 10.2. The van der Waals surface area contributed by atoms with Gasteiger partial charge in [-0.25, -0.2) is 0 Å². The molecule has 0 fully saturated rings. The molecule has 0 saturated carbocycles. The van der Waals surface area contributed by atoms with Gasteiger partial charge in [-0.3, -0.25) is 4.79 Å². The summed E-state index contributed by atoms with van der Waals surface area (Å²) in [6.45, 7) is 1.35. The number of aromatic hydroxyl groups is 1. The zero-order valence-electron chi connectivity index (χ0n) is 9.59. The van der Waals surface area contributed by atoms with Crippen molar-refractivity contribution in [2.75, 3.05) is 0 Å². The number of aryl methyl sites for hydroxylation is 1. The lowest BCUT2D eigenvalue weighted by molar-refractivity contribution is 0.266. The molecular formula is C12H11ClN2O3. The standard InChI is InChI=1S/C12H11ClN2O3/c1-7-4-8(13)2-3-10(7)15-12(18)5-11(17)9(6-16)14-15/h2-5,16-17H,6H2,1H3. The van der Waals surface area contributed by atoms with Crippen LogP contribution in [0.4, 0.5) is 0 Å². The molecule has 0 bridgehead atoms. The molecule has 0 atom stereocenters. The van der Waals surface area contributed by atoms with Gasteiger partial charge in [0.05, 0.1) is 12.3 Å². The summed E-state index contributed by atoms with van der Waals surface area (Å²) in [7, 11) is 0. The van der Waals surface area contributed by atoms with Crippen LogP contribution in [-0.4, -0.2) is 20.0 Å². The van der Waals surface area contributed by atoms with Crippen molar-refractivity contribution in [3.63, 3.8) is 0 Å². The molecule has 2 rings (SSSR count). The van der Waals surface area contributed by atoms with E-state index >= 15 is 0 Å². The Morgan fingerprint density at radius 1 is 1.39 bits per heavy atom. The molecule has 0 spiro atoms. The van der Waals surface area contributed by atoms with Gasteiger partial charge in [0, 0.05) is 11.1 Å². The number of aliphatic hydroxyl groups excluding tert-OH is 1. The molecule has 1 heterocycles. The molecule has 5 nitrogen and oxygen atoms in total. The SMILES string of the molecule is Cc1cc(Cl)ccc1-n1nc(CO)c(O)cc1=O. The quantitative estimate of drug-likeness (QED) is 0.861. The fourth-order valence-electron chi connectivity index (χ4n) is 1.62. The zero-order chi connectivity index (χ0) is 13.3. The van der Waals surface area contributed by atoms with E-state index in [0.29, 0.717) is 10.7 Å². The molecule has 0 aliphatic carbocycles. The molecule has 0 saturated heterocycles. The molecular weight excluding hydrogens is 256 g/mol. The molecule has 0 radical (unpaired) electrons. The van der Waals surface area contributed by atoms with Crippen LogP contribution in [0, 0.1) is 6.92 Å². The third-order valence-electron chi connectivity index (χ3n) is 2.52. The molecule has 2 N–H and O–H groups in total. The average Bonchev–Trinajstić information content (AvgIpc) is 2.30. The first-order valence-electron chi connectivity index (χ1n) is 5.22. The van der Waals surface area contributed by atoms with Crippen LogP contribution in [-0.2, 0) is 6.61 Å². The van der Waals surface area contributed by atoms with Gasteiger partial charge in [-0.05, 0) is 30.7 Å². The Morgan fingerprint density at radius 3 is 2.72 bits per heavy atom. The maximum atomic E-state index is 11.8. The number of benzene rings is 1. The number of aromatic nitrogens is 2. The third-order valence-corrected chi connectivity index (χ3v) is 2.76. The predicted molar refractivity (Wildman–Crippen MR) is 67.2 cm³/mol. The van der Waals surface area contributed by atoms with Gasteiger partial charge in [-0.2, -0.15) is 9.78 Å². The highest BCUT2D eigenvalue weighted by molar-refractivity contribution is 6.30. The van der Waals surface area contributed by atoms with Crippen LogP contribution in [0.15, 0.2) is 29.1 Å². The van der Waals surface area contributed by atoms with Crippen molar-refractivity contribution >= 4 is 11.6 Å². The Balaban J connectivity index is 2.67. The lowest BCUT2D eigenvalue weighted by Gasteiger charge is -2.10. The van der Waals surface area contributed by atoms with Crippen molar-refractivity contribution in [2.45, 2.75) is 13.5 Å². The number of aliphatic hydroxyl groups is 1. The third kappa shape index (κ3) is 2.23. The first kappa shape index (κ1) is 12.6. The molecule has 18 heavy (non-hydrogen) atoms. The monoisotopic (exact) mass is 266 g/mol. The molecule has 0 unspecified atom stereocenters. The van der Waals surface area contributed by atoms with Crippen molar-refractivity contribution in [3.8, 4) is 11.4 Å². The van der Waals surface area contributed by atoms with Crippen LogP contribution >= 0.6 is 11.6 Å². The van der Waals surface area contributed by atoms with Crippen LogP contribution in [0.5, 0.6) is 5.75 Å². The number of halogens is 1. The van der Waals surface area contributed by atoms with Crippen molar-refractivity contribution in [2.24, 2.45) is 0 Å². The molecule has 1 aromatic carbocycles. The molecule has 94 valence electrons. The number of hydrogen-bond acceptors (Lipinski definition) is 4. The highest BCUT2D eigenvalue weighted by Gasteiger charge is 2.10. The second kappa shape index (κ2) is 4.80. The fraction of sp³-hybridized carbons (Fsp3) is 0.167. The number of hydrogen-bond donors (Lipinski definition) is 2. The maximum Gasteiger partial charge on any atom is 0.275 e. The first-order chi connectivity index (χ1) is 8.52. The van der Waals surface area contributed by atoms with E-state index in [4.69, 9.17) is 16.7 Å². The van der Waals surface area contributed by atoms with Crippen LogP contribution in [0.2, 0.25) is 5.02 Å². The van der Waals surface area contributed by atoms with Gasteiger partial charge in [-0.15, -0.1) is 0 Å². The lowest BCUT2D eigenvalue weighted by Crippen LogP contribution is -2.22. The predicted octanol–water partition coefficient (Wildman–Crippen LogP) is 1.39. The number of nitrogens with zero attached hydrogens (tertiary/aromatic N) is 2. The van der Waals surface area contributed by atoms with Crippen molar-refractivity contribution in [1.82, 2.24) is 9.78 Å². The van der Waals surface area contributed by atoms with Gasteiger partial charge in [-0.1, -0.05) is 11.6 Å². The minimum Gasteiger partial charge on any atom is -0.506 e. The summed E-state index contributed by atoms with van der Waals surface area (Å²) in [5.74, 6) is -0.314. The second-order valence-corrected chi connectivity index (χ2v) is 4.25. The summed E-state index contributed by atoms with van der Waals surface area (Å²) in [5.41, 5.74) is 0.893. The minimum atomic E-state index is -0.477. The van der Waals surface area contributed by atoms with Gasteiger partial charge in [0.15, 0.2) is 0 Å². The highest BCUT2D eigenvalue weighted by Crippen LogP contribution is 2.18. The van der Waals surface area contributed by atoms with Crippen molar-refractivity contribution in [3.05, 3.63) is 50.9 Å². The van der Waals surface area contributed by atoms with Crippen molar-refractivity contribution in [1.29, 1.82) is 0 Å². The number of rotatable bonds is 2. The minimum absolute atomic E-state index is 0.0453. The van der Waals surface area contributed by atoms with Gasteiger partial charge in [0.25, 0.3) is 5.56 Å². The fourth-order valence-corrected chi connectivity index (χ4v) is 1.85. The topological polar surface area (TPSA) is 75.3 Å². The summed E-state index contributed by atoms with van der Waals surface area (Å²) in [5, 5.41) is 22.9. The van der Waals surface area contributed by atoms with Crippen LogP contribution in [0.1, 0.15) is 11.3 Å². The van der Waals surface area contributed by atoms with E-state index in [1.165, 1.54) is 0 Å². The largest absolute Gasteiger partial charge is 0.506 e. The van der Waals surface area contributed by atoms with E-state index in [-0.39, 0.29) is 11.4 Å². The van der Waals surface area contributed by atoms with E-state index < -0.39 is 12.2 Å². The summed E-state index contributed by atoms with van der Waals surface area (Å²) in [4.78, 5) is 11.8. The van der Waals surface area contributed by atoms with Gasteiger partial charge in [0.2, 0.25) is 0 Å². The van der Waals surface area contributed by atoms with Crippen LogP contribution in [0.3, 0.4) is 0 Å².